The molecule has 1 aliphatic carbocycles. The number of fused-ring (bicyclic) bond motifs is 1. The summed E-state index contributed by atoms with van der Waals surface area (Å²) in [6.45, 7) is 1.29. The maximum absolute atomic E-state index is 9.59. The minimum Gasteiger partial charge on any atom is -0.393 e. The lowest BCUT2D eigenvalue weighted by Crippen LogP contribution is -2.37. The second-order valence-corrected chi connectivity index (χ2v) is 7.82. The van der Waals surface area contributed by atoms with Crippen LogP contribution in [0.3, 0.4) is 0 Å². The molecule has 1 aliphatic rings. The van der Waals surface area contributed by atoms with E-state index >= 15 is 0 Å². The Morgan fingerprint density at radius 1 is 1.23 bits per heavy atom. The molecule has 1 fully saturated rings. The molecule has 0 bridgehead atoms. The van der Waals surface area contributed by atoms with Gasteiger partial charge in [0.05, 0.1) is 11.5 Å². The summed E-state index contributed by atoms with van der Waals surface area (Å²) < 4.78 is 5.26. The van der Waals surface area contributed by atoms with Gasteiger partial charge in [0.25, 0.3) is 0 Å². The smallest absolute Gasteiger partial charge is 0.158 e. The third-order valence-corrected chi connectivity index (χ3v) is 5.80. The van der Waals surface area contributed by atoms with Gasteiger partial charge >= 0.3 is 0 Å². The minimum atomic E-state index is -0.135. The number of aromatic nitrogens is 2. The van der Waals surface area contributed by atoms with Gasteiger partial charge in [0, 0.05) is 31.6 Å². The van der Waals surface area contributed by atoms with Crippen LogP contribution in [-0.4, -0.2) is 41.9 Å². The predicted octanol–water partition coefficient (Wildman–Crippen LogP) is 3.71. The van der Waals surface area contributed by atoms with E-state index in [9.17, 15) is 5.11 Å². The van der Waals surface area contributed by atoms with Crippen molar-refractivity contribution in [2.45, 2.75) is 25.6 Å². The van der Waals surface area contributed by atoms with Crippen LogP contribution in [0.15, 0.2) is 35.7 Å². The van der Waals surface area contributed by atoms with Gasteiger partial charge in [0.2, 0.25) is 0 Å². The number of nitrogens with zero attached hydrogens (tertiary/aromatic N) is 3. The number of benzene rings is 1. The van der Waals surface area contributed by atoms with Crippen molar-refractivity contribution in [3.8, 4) is 11.1 Å². The Morgan fingerprint density at radius 3 is 2.69 bits per heavy atom. The highest BCUT2D eigenvalue weighted by Crippen LogP contribution is 2.39. The largest absolute Gasteiger partial charge is 0.393 e. The van der Waals surface area contributed by atoms with Gasteiger partial charge in [-0.1, -0.05) is 30.3 Å². The number of aliphatic hydroxyl groups is 1. The third kappa shape index (κ3) is 3.32. The van der Waals surface area contributed by atoms with Crippen LogP contribution in [0.25, 0.3) is 21.3 Å². The Bertz CT molecular complexity index is 891. The molecule has 1 N–H and O–H groups in total. The fraction of sp³-hybridized carbons (Fsp3) is 0.400. The maximum Gasteiger partial charge on any atom is 0.158 e. The Kier molecular flexibility index (Phi) is 4.89. The average Bonchev–Trinajstić information content (AvgIpc) is 3.04. The van der Waals surface area contributed by atoms with E-state index in [1.54, 1.807) is 18.4 Å². The summed E-state index contributed by atoms with van der Waals surface area (Å²) in [5, 5.41) is 12.9. The van der Waals surface area contributed by atoms with Crippen LogP contribution >= 0.6 is 11.3 Å². The molecule has 0 radical (unpaired) electrons. The number of anilines is 1. The lowest BCUT2D eigenvalue weighted by atomic mass is 9.82. The average molecular weight is 369 g/mol. The molecule has 1 saturated carbocycles. The van der Waals surface area contributed by atoms with Crippen LogP contribution in [0.4, 0.5) is 5.82 Å². The molecule has 0 aliphatic heterocycles. The summed E-state index contributed by atoms with van der Waals surface area (Å²) in [5.74, 6) is 2.17. The number of hydrogen-bond donors (Lipinski definition) is 1. The molecule has 6 heteroatoms. The molecule has 136 valence electrons. The zero-order valence-corrected chi connectivity index (χ0v) is 15.9. The number of hydrogen-bond acceptors (Lipinski definition) is 6. The Morgan fingerprint density at radius 2 is 2.00 bits per heavy atom. The van der Waals surface area contributed by atoms with Crippen LogP contribution in [0.1, 0.15) is 18.7 Å². The first-order valence-electron chi connectivity index (χ1n) is 8.87. The van der Waals surface area contributed by atoms with E-state index in [4.69, 9.17) is 14.7 Å². The highest BCUT2D eigenvalue weighted by atomic mass is 32.1. The van der Waals surface area contributed by atoms with E-state index in [-0.39, 0.29) is 6.10 Å². The zero-order valence-electron chi connectivity index (χ0n) is 15.1. The topological polar surface area (TPSA) is 58.5 Å². The molecule has 5 nitrogen and oxygen atoms in total. The fourth-order valence-electron chi connectivity index (χ4n) is 3.59. The van der Waals surface area contributed by atoms with Crippen molar-refractivity contribution >= 4 is 27.4 Å². The molecule has 1 aromatic carbocycles. The maximum atomic E-state index is 9.59. The lowest BCUT2D eigenvalue weighted by molar-refractivity contribution is 0.0464. The van der Waals surface area contributed by atoms with Crippen LogP contribution in [0, 0.1) is 5.92 Å². The number of rotatable bonds is 6. The molecule has 0 spiro atoms. The predicted molar refractivity (Wildman–Crippen MR) is 106 cm³/mol. The molecule has 0 saturated heterocycles. The van der Waals surface area contributed by atoms with Crippen LogP contribution in [0.2, 0.25) is 0 Å². The second kappa shape index (κ2) is 7.31. The first-order valence-corrected chi connectivity index (χ1v) is 9.75. The molecule has 3 aromatic rings. The van der Waals surface area contributed by atoms with Crippen LogP contribution in [0.5, 0.6) is 0 Å². The summed E-state index contributed by atoms with van der Waals surface area (Å²) in [7, 11) is 3.74. The van der Waals surface area contributed by atoms with Gasteiger partial charge in [-0.15, -0.1) is 11.3 Å². The summed E-state index contributed by atoms with van der Waals surface area (Å²) >= 11 is 1.65. The van der Waals surface area contributed by atoms with E-state index in [1.807, 2.05) is 6.07 Å². The molecule has 2 heterocycles. The molecule has 26 heavy (non-hydrogen) atoms. The number of aliphatic hydroxyl groups excluding tert-OH is 1. The Labute approximate surface area is 157 Å². The fourth-order valence-corrected chi connectivity index (χ4v) is 4.55. The van der Waals surface area contributed by atoms with Gasteiger partial charge < -0.3 is 14.7 Å². The van der Waals surface area contributed by atoms with E-state index < -0.39 is 0 Å². The van der Waals surface area contributed by atoms with Gasteiger partial charge in [0.1, 0.15) is 17.3 Å². The van der Waals surface area contributed by atoms with Crippen molar-refractivity contribution in [3.05, 3.63) is 41.5 Å². The first kappa shape index (κ1) is 17.4. The van der Waals surface area contributed by atoms with Gasteiger partial charge in [-0.25, -0.2) is 9.97 Å². The van der Waals surface area contributed by atoms with E-state index in [1.165, 1.54) is 11.1 Å². The Balaban J connectivity index is 1.78. The van der Waals surface area contributed by atoms with Crippen LogP contribution in [-0.2, 0) is 11.3 Å². The van der Waals surface area contributed by atoms with E-state index in [2.05, 4.69) is 41.6 Å². The quantitative estimate of drug-likeness (QED) is 0.718. The van der Waals surface area contributed by atoms with Crippen molar-refractivity contribution in [3.63, 3.8) is 0 Å². The van der Waals surface area contributed by atoms with E-state index in [0.29, 0.717) is 18.3 Å². The van der Waals surface area contributed by atoms with Gasteiger partial charge in [-0.05, 0) is 24.3 Å². The van der Waals surface area contributed by atoms with E-state index in [0.717, 1.165) is 35.4 Å². The standard InChI is InChI=1S/C20H23N3O2S/c1-23(10-13-8-15(24)9-13)19-18-16(14-6-4-3-5-7-14)12-26-20(18)22-17(21-19)11-25-2/h3-7,12-13,15,24H,8-11H2,1-2H3. The van der Waals surface area contributed by atoms with Crippen molar-refractivity contribution in [1.29, 1.82) is 0 Å². The third-order valence-electron chi connectivity index (χ3n) is 4.92. The summed E-state index contributed by atoms with van der Waals surface area (Å²) in [6, 6.07) is 10.4. The van der Waals surface area contributed by atoms with Crippen molar-refractivity contribution < 1.29 is 9.84 Å². The molecular formula is C20H23N3O2S. The summed E-state index contributed by atoms with van der Waals surface area (Å²) in [4.78, 5) is 12.7. The number of methoxy groups -OCH3 is 1. The second-order valence-electron chi connectivity index (χ2n) is 6.96. The van der Waals surface area contributed by atoms with Crippen molar-refractivity contribution in [2.75, 3.05) is 25.6 Å². The SMILES string of the molecule is COCc1nc(N(C)CC2CC(O)C2)c2c(-c3ccccc3)csc2n1. The minimum absolute atomic E-state index is 0.135. The normalized spacial score (nSPS) is 19.5. The summed E-state index contributed by atoms with van der Waals surface area (Å²) in [5.41, 5.74) is 2.35. The highest BCUT2D eigenvalue weighted by Gasteiger charge is 2.29. The van der Waals surface area contributed by atoms with Crippen molar-refractivity contribution in [2.24, 2.45) is 5.92 Å². The molecular weight excluding hydrogens is 346 g/mol. The summed E-state index contributed by atoms with van der Waals surface area (Å²) in [6.07, 6.45) is 1.61. The molecule has 0 amide bonds. The monoisotopic (exact) mass is 369 g/mol. The number of thiophene rings is 1. The molecule has 2 aromatic heterocycles. The Hall–Kier alpha value is -2.02. The van der Waals surface area contributed by atoms with Crippen molar-refractivity contribution in [1.82, 2.24) is 9.97 Å². The lowest BCUT2D eigenvalue weighted by Gasteiger charge is -2.35. The van der Waals surface area contributed by atoms with Gasteiger partial charge in [-0.3, -0.25) is 0 Å². The molecule has 4 rings (SSSR count). The highest BCUT2D eigenvalue weighted by molar-refractivity contribution is 7.17. The van der Waals surface area contributed by atoms with Crippen LogP contribution < -0.4 is 4.90 Å². The molecule has 0 atom stereocenters. The van der Waals surface area contributed by atoms with Gasteiger partial charge in [-0.2, -0.15) is 0 Å². The number of ether oxygens (including phenoxy) is 1. The van der Waals surface area contributed by atoms with Gasteiger partial charge in [0.15, 0.2) is 5.82 Å². The first-order chi connectivity index (χ1) is 12.7. The molecule has 0 unspecified atom stereocenters. The zero-order chi connectivity index (χ0) is 18.1.